The Morgan fingerprint density at radius 3 is 2.34 bits per heavy atom. The molecule has 1 N–H and O–H groups in total. The van der Waals surface area contributed by atoms with Crippen molar-refractivity contribution in [3.63, 3.8) is 0 Å². The van der Waals surface area contributed by atoms with Crippen LogP contribution in [0.4, 0.5) is 18.9 Å². The summed E-state index contributed by atoms with van der Waals surface area (Å²) in [6.07, 6.45) is -4.74. The minimum Gasteiger partial charge on any atom is -0.330 e. The number of hydrogen-bond donors (Lipinski definition) is 1. The molecule has 1 aliphatic heterocycles. The zero-order valence-electron chi connectivity index (χ0n) is 17.0. The van der Waals surface area contributed by atoms with Gasteiger partial charge in [0.15, 0.2) is 0 Å². The molecule has 0 aliphatic carbocycles. The number of carbonyl (C=O) groups excluding carboxylic acids is 2. The third kappa shape index (κ3) is 4.89. The summed E-state index contributed by atoms with van der Waals surface area (Å²) in [5.74, 6) is -1.86. The van der Waals surface area contributed by atoms with Gasteiger partial charge in [-0.05, 0) is 41.5 Å². The van der Waals surface area contributed by atoms with Crippen LogP contribution in [0.15, 0.2) is 41.3 Å². The van der Waals surface area contributed by atoms with E-state index in [0.29, 0.717) is 17.2 Å². The number of hydrogen-bond acceptors (Lipinski definition) is 4. The number of rotatable bonds is 5. The number of fused-ring (bicyclic) bond motifs is 1. The summed E-state index contributed by atoms with van der Waals surface area (Å²) < 4.78 is 65.7. The molecule has 0 radical (unpaired) electrons. The zero-order chi connectivity index (χ0) is 23.8. The van der Waals surface area contributed by atoms with Crippen LogP contribution in [-0.2, 0) is 34.1 Å². The highest BCUT2D eigenvalue weighted by Gasteiger charge is 2.33. The van der Waals surface area contributed by atoms with Crippen molar-refractivity contribution in [1.82, 2.24) is 9.21 Å². The Balaban J connectivity index is 1.91. The van der Waals surface area contributed by atoms with Gasteiger partial charge in [0.1, 0.15) is 5.88 Å². The second-order valence-electron chi connectivity index (χ2n) is 7.36. The second-order valence-corrected chi connectivity index (χ2v) is 9.78. The van der Waals surface area contributed by atoms with E-state index < -0.39 is 39.5 Å². The Labute approximate surface area is 187 Å². The van der Waals surface area contributed by atoms with Gasteiger partial charge >= 0.3 is 6.18 Å². The van der Waals surface area contributed by atoms with E-state index in [9.17, 15) is 31.2 Å². The monoisotopic (exact) mass is 489 g/mol. The van der Waals surface area contributed by atoms with Crippen molar-refractivity contribution in [3.8, 4) is 0 Å². The smallest absolute Gasteiger partial charge is 0.330 e. The van der Waals surface area contributed by atoms with Crippen LogP contribution >= 0.6 is 11.6 Å². The molecule has 32 heavy (non-hydrogen) atoms. The molecule has 1 heterocycles. The molecule has 7 nitrogen and oxygen atoms in total. The summed E-state index contributed by atoms with van der Waals surface area (Å²) in [6, 6.07) is 7.04. The first kappa shape index (κ1) is 24.0. The maximum absolute atomic E-state index is 13.3. The molecular formula is C20H19ClF3N3O4S. The summed E-state index contributed by atoms with van der Waals surface area (Å²) in [5, 5.41) is 2.23. The van der Waals surface area contributed by atoms with Crippen LogP contribution in [0.25, 0.3) is 0 Å². The molecule has 0 atom stereocenters. The second kappa shape index (κ2) is 8.72. The molecule has 0 bridgehead atoms. The van der Waals surface area contributed by atoms with Crippen LogP contribution in [0.5, 0.6) is 0 Å². The van der Waals surface area contributed by atoms with Crippen molar-refractivity contribution in [2.24, 2.45) is 0 Å². The standard InChI is InChI=1S/C20H19ClF3N3O4S/c1-26(2)32(30,31)17-4-3-12-10-27(11-14(12)7-17)19(29)13-5-15(20(22,23)24)8-16(6-13)25-18(28)9-21/h3-8H,9-11H2,1-2H3,(H,25,28). The lowest BCUT2D eigenvalue weighted by Gasteiger charge is -2.18. The first-order valence-corrected chi connectivity index (χ1v) is 11.2. The van der Waals surface area contributed by atoms with Crippen molar-refractivity contribution in [3.05, 3.63) is 58.7 Å². The molecule has 12 heteroatoms. The van der Waals surface area contributed by atoms with Crippen LogP contribution in [0.2, 0.25) is 0 Å². The van der Waals surface area contributed by atoms with Crippen molar-refractivity contribution >= 4 is 39.1 Å². The maximum atomic E-state index is 13.3. The molecular weight excluding hydrogens is 471 g/mol. The molecule has 3 rings (SSSR count). The largest absolute Gasteiger partial charge is 0.416 e. The van der Waals surface area contributed by atoms with Gasteiger partial charge in [-0.1, -0.05) is 6.07 Å². The summed E-state index contributed by atoms with van der Waals surface area (Å²) in [6.45, 7) is 0.140. The molecule has 0 unspecified atom stereocenters. The number of carbonyl (C=O) groups is 2. The summed E-state index contributed by atoms with van der Waals surface area (Å²) in [5.41, 5.74) is -0.282. The molecule has 0 aromatic heterocycles. The van der Waals surface area contributed by atoms with Crippen LogP contribution in [0.1, 0.15) is 27.0 Å². The van der Waals surface area contributed by atoms with Gasteiger partial charge in [0.25, 0.3) is 5.91 Å². The van der Waals surface area contributed by atoms with Gasteiger partial charge in [0.2, 0.25) is 15.9 Å². The van der Waals surface area contributed by atoms with E-state index in [-0.39, 0.29) is 29.2 Å². The molecule has 0 fully saturated rings. The molecule has 0 saturated carbocycles. The highest BCUT2D eigenvalue weighted by atomic mass is 35.5. The number of sulfonamides is 1. The number of nitrogens with zero attached hydrogens (tertiary/aromatic N) is 2. The third-order valence-corrected chi connectivity index (χ3v) is 6.93. The molecule has 2 amide bonds. The fourth-order valence-electron chi connectivity index (χ4n) is 3.25. The van der Waals surface area contributed by atoms with Crippen LogP contribution in [-0.4, -0.2) is 49.4 Å². The van der Waals surface area contributed by atoms with Crippen molar-refractivity contribution in [2.75, 3.05) is 25.3 Å². The highest BCUT2D eigenvalue weighted by molar-refractivity contribution is 7.89. The van der Waals surface area contributed by atoms with Crippen molar-refractivity contribution in [1.29, 1.82) is 0 Å². The lowest BCUT2D eigenvalue weighted by atomic mass is 10.1. The SMILES string of the molecule is CN(C)S(=O)(=O)c1ccc2c(c1)CN(C(=O)c1cc(NC(=O)CCl)cc(C(F)(F)F)c1)C2. The number of anilines is 1. The predicted octanol–water partition coefficient (Wildman–Crippen LogP) is 3.29. The number of alkyl halides is 4. The quantitative estimate of drug-likeness (QED) is 0.653. The fourth-order valence-corrected chi connectivity index (χ4v) is 4.27. The van der Waals surface area contributed by atoms with Gasteiger partial charge < -0.3 is 10.2 Å². The Kier molecular flexibility index (Phi) is 6.55. The van der Waals surface area contributed by atoms with Gasteiger partial charge in [-0.3, -0.25) is 9.59 Å². The minimum atomic E-state index is -4.74. The molecule has 2 aromatic rings. The van der Waals surface area contributed by atoms with Gasteiger partial charge in [-0.25, -0.2) is 12.7 Å². The lowest BCUT2D eigenvalue weighted by Crippen LogP contribution is -2.26. The maximum Gasteiger partial charge on any atom is 0.416 e. The topological polar surface area (TPSA) is 86.8 Å². The Morgan fingerprint density at radius 2 is 1.75 bits per heavy atom. The van der Waals surface area contributed by atoms with Crippen LogP contribution < -0.4 is 5.32 Å². The van der Waals surface area contributed by atoms with Gasteiger partial charge in [-0.2, -0.15) is 13.2 Å². The minimum absolute atomic E-state index is 0.0323. The molecule has 172 valence electrons. The van der Waals surface area contributed by atoms with Crippen molar-refractivity contribution in [2.45, 2.75) is 24.2 Å². The number of amides is 2. The van der Waals surface area contributed by atoms with Gasteiger partial charge in [-0.15, -0.1) is 11.6 Å². The zero-order valence-corrected chi connectivity index (χ0v) is 18.6. The van der Waals surface area contributed by atoms with E-state index in [0.717, 1.165) is 16.4 Å². The molecule has 2 aromatic carbocycles. The van der Waals surface area contributed by atoms with E-state index >= 15 is 0 Å². The Hall–Kier alpha value is -2.63. The summed E-state index contributed by atoms with van der Waals surface area (Å²) >= 11 is 5.40. The predicted molar refractivity (Wildman–Crippen MR) is 112 cm³/mol. The first-order valence-electron chi connectivity index (χ1n) is 9.24. The fraction of sp³-hybridized carbons (Fsp3) is 0.300. The van der Waals surface area contributed by atoms with Gasteiger partial charge in [0, 0.05) is 38.4 Å². The average molecular weight is 490 g/mol. The normalized spacial score (nSPS) is 13.9. The summed E-state index contributed by atoms with van der Waals surface area (Å²) in [7, 11) is -0.885. The third-order valence-electron chi connectivity index (χ3n) is 4.88. The highest BCUT2D eigenvalue weighted by Crippen LogP contribution is 2.33. The van der Waals surface area contributed by atoms with Crippen LogP contribution in [0.3, 0.4) is 0 Å². The van der Waals surface area contributed by atoms with Gasteiger partial charge in [0.05, 0.1) is 10.5 Å². The average Bonchev–Trinajstić information content (AvgIpc) is 3.15. The van der Waals surface area contributed by atoms with E-state index in [2.05, 4.69) is 5.32 Å². The first-order chi connectivity index (χ1) is 14.8. The number of benzene rings is 2. The van der Waals surface area contributed by atoms with E-state index in [1.54, 1.807) is 6.07 Å². The summed E-state index contributed by atoms with van der Waals surface area (Å²) in [4.78, 5) is 25.9. The molecule has 0 spiro atoms. The Morgan fingerprint density at radius 1 is 1.09 bits per heavy atom. The lowest BCUT2D eigenvalue weighted by molar-refractivity contribution is -0.137. The van der Waals surface area contributed by atoms with E-state index in [1.165, 1.54) is 31.1 Å². The molecule has 0 saturated heterocycles. The van der Waals surface area contributed by atoms with E-state index in [1.807, 2.05) is 0 Å². The van der Waals surface area contributed by atoms with Crippen LogP contribution in [0, 0.1) is 0 Å². The van der Waals surface area contributed by atoms with Crippen molar-refractivity contribution < 1.29 is 31.2 Å². The molecule has 1 aliphatic rings. The number of nitrogens with one attached hydrogen (secondary N) is 1. The number of halogens is 4. The van der Waals surface area contributed by atoms with E-state index in [4.69, 9.17) is 11.6 Å². The Bertz CT molecular complexity index is 1180.